The molecule has 1 unspecified atom stereocenters. The molecule has 1 saturated carbocycles. The maximum absolute atomic E-state index is 11.6. The van der Waals surface area contributed by atoms with Gasteiger partial charge in [0.15, 0.2) is 0 Å². The third-order valence-corrected chi connectivity index (χ3v) is 3.59. The van der Waals surface area contributed by atoms with Crippen LogP contribution in [0.1, 0.15) is 77.6 Å². The lowest BCUT2D eigenvalue weighted by Gasteiger charge is -2.19. The molecule has 0 amide bonds. The molecule has 0 spiro atoms. The zero-order chi connectivity index (χ0) is 10.9. The Morgan fingerprint density at radius 1 is 1.07 bits per heavy atom. The first-order valence-corrected chi connectivity index (χ1v) is 6.87. The minimum absolute atomic E-state index is 0.435. The van der Waals surface area contributed by atoms with Crippen molar-refractivity contribution in [1.29, 1.82) is 0 Å². The molecular weight excluding hydrogens is 184 g/mol. The van der Waals surface area contributed by atoms with Crippen molar-refractivity contribution >= 4 is 5.78 Å². The second-order valence-corrected chi connectivity index (χ2v) is 4.97. The zero-order valence-corrected chi connectivity index (χ0v) is 10.3. The van der Waals surface area contributed by atoms with Crippen LogP contribution in [0.3, 0.4) is 0 Å². The number of rotatable bonds is 7. The van der Waals surface area contributed by atoms with E-state index in [1.807, 2.05) is 0 Å². The van der Waals surface area contributed by atoms with Gasteiger partial charge in [-0.1, -0.05) is 51.9 Å². The molecule has 0 aromatic rings. The molecule has 1 atom stereocenters. The van der Waals surface area contributed by atoms with Gasteiger partial charge in [-0.05, 0) is 19.3 Å². The molecule has 0 bridgehead atoms. The van der Waals surface area contributed by atoms with Crippen molar-refractivity contribution in [3.63, 3.8) is 0 Å². The number of carbonyl (C=O) groups is 1. The van der Waals surface area contributed by atoms with Gasteiger partial charge in [0.25, 0.3) is 0 Å². The van der Waals surface area contributed by atoms with Gasteiger partial charge in [-0.25, -0.2) is 0 Å². The van der Waals surface area contributed by atoms with Crippen molar-refractivity contribution in [1.82, 2.24) is 0 Å². The fourth-order valence-corrected chi connectivity index (χ4v) is 2.53. The first-order valence-electron chi connectivity index (χ1n) is 6.87. The lowest BCUT2D eigenvalue weighted by atomic mass is 9.84. The Morgan fingerprint density at radius 3 is 2.53 bits per heavy atom. The molecule has 1 nitrogen and oxygen atoms in total. The van der Waals surface area contributed by atoms with Crippen LogP contribution in [0.2, 0.25) is 0 Å². The fourth-order valence-electron chi connectivity index (χ4n) is 2.53. The lowest BCUT2D eigenvalue weighted by molar-refractivity contribution is -0.124. The Labute approximate surface area is 94.6 Å². The third-order valence-electron chi connectivity index (χ3n) is 3.59. The molecule has 0 aliphatic heterocycles. The monoisotopic (exact) mass is 210 g/mol. The van der Waals surface area contributed by atoms with E-state index in [9.17, 15) is 4.79 Å². The van der Waals surface area contributed by atoms with Crippen LogP contribution in [0.15, 0.2) is 0 Å². The van der Waals surface area contributed by atoms with E-state index in [2.05, 4.69) is 6.92 Å². The Hall–Kier alpha value is -0.330. The molecule has 0 heterocycles. The highest BCUT2D eigenvalue weighted by molar-refractivity contribution is 5.81. The average molecular weight is 210 g/mol. The van der Waals surface area contributed by atoms with E-state index < -0.39 is 0 Å². The number of ketones is 1. The van der Waals surface area contributed by atoms with Crippen molar-refractivity contribution < 1.29 is 4.79 Å². The smallest absolute Gasteiger partial charge is 0.135 e. The Kier molecular flexibility index (Phi) is 6.71. The van der Waals surface area contributed by atoms with Gasteiger partial charge in [-0.3, -0.25) is 4.79 Å². The van der Waals surface area contributed by atoms with E-state index in [1.54, 1.807) is 0 Å². The molecule has 1 fully saturated rings. The van der Waals surface area contributed by atoms with E-state index in [0.29, 0.717) is 11.7 Å². The van der Waals surface area contributed by atoms with Crippen molar-refractivity contribution in [3.05, 3.63) is 0 Å². The first kappa shape index (κ1) is 12.7. The summed E-state index contributed by atoms with van der Waals surface area (Å²) in [5.41, 5.74) is 0. The summed E-state index contributed by atoms with van der Waals surface area (Å²) in [5.74, 6) is 0.986. The van der Waals surface area contributed by atoms with Gasteiger partial charge >= 0.3 is 0 Å². The van der Waals surface area contributed by atoms with Crippen LogP contribution in [0.5, 0.6) is 0 Å². The van der Waals surface area contributed by atoms with Crippen LogP contribution < -0.4 is 0 Å². The Morgan fingerprint density at radius 2 is 1.80 bits per heavy atom. The predicted molar refractivity (Wildman–Crippen MR) is 65.0 cm³/mol. The topological polar surface area (TPSA) is 17.1 Å². The summed E-state index contributed by atoms with van der Waals surface area (Å²) in [7, 11) is 0. The Bertz CT molecular complexity index is 174. The van der Waals surface area contributed by atoms with Crippen molar-refractivity contribution in [2.24, 2.45) is 5.92 Å². The average Bonchev–Trinajstić information content (AvgIpc) is 2.25. The van der Waals surface area contributed by atoms with Crippen LogP contribution in [-0.2, 0) is 4.79 Å². The van der Waals surface area contributed by atoms with E-state index >= 15 is 0 Å². The quantitative estimate of drug-likeness (QED) is 0.566. The van der Waals surface area contributed by atoms with Gasteiger partial charge in [0.2, 0.25) is 0 Å². The minimum atomic E-state index is 0.435. The van der Waals surface area contributed by atoms with Crippen LogP contribution in [0.4, 0.5) is 0 Å². The highest BCUT2D eigenvalue weighted by Gasteiger charge is 2.20. The molecule has 1 aliphatic carbocycles. The van der Waals surface area contributed by atoms with Gasteiger partial charge in [0, 0.05) is 12.3 Å². The number of hydrogen-bond donors (Lipinski definition) is 0. The number of carbonyl (C=O) groups excluding carboxylic acids is 1. The van der Waals surface area contributed by atoms with E-state index in [0.717, 1.165) is 12.8 Å². The molecule has 0 radical (unpaired) electrons. The Balaban J connectivity index is 1.96. The standard InChI is InChI=1S/C14H26O/c1-2-3-4-5-6-7-10-13-11-8-9-12-14(13)15/h13H,2-12H2,1H3. The number of Topliss-reactive ketones (excluding diaryl/α,β-unsaturated/α-hetero) is 1. The van der Waals surface area contributed by atoms with E-state index in [1.165, 1.54) is 57.8 Å². The van der Waals surface area contributed by atoms with Gasteiger partial charge in [0.05, 0.1) is 0 Å². The predicted octanol–water partition coefficient (Wildman–Crippen LogP) is 4.50. The fraction of sp³-hybridized carbons (Fsp3) is 0.929. The molecule has 0 aromatic carbocycles. The summed E-state index contributed by atoms with van der Waals surface area (Å²) < 4.78 is 0. The minimum Gasteiger partial charge on any atom is -0.299 e. The maximum Gasteiger partial charge on any atom is 0.135 e. The van der Waals surface area contributed by atoms with Gasteiger partial charge in [-0.2, -0.15) is 0 Å². The molecule has 0 saturated heterocycles. The maximum atomic E-state index is 11.6. The number of hydrogen-bond acceptors (Lipinski definition) is 1. The van der Waals surface area contributed by atoms with Crippen LogP contribution in [0.25, 0.3) is 0 Å². The SMILES string of the molecule is CCCCCCCCC1CCCCC1=O. The van der Waals surface area contributed by atoms with Crippen molar-refractivity contribution in [2.75, 3.05) is 0 Å². The molecule has 0 N–H and O–H groups in total. The van der Waals surface area contributed by atoms with Gasteiger partial charge in [0.1, 0.15) is 5.78 Å². The van der Waals surface area contributed by atoms with Crippen molar-refractivity contribution in [3.8, 4) is 0 Å². The summed E-state index contributed by atoms with van der Waals surface area (Å²) >= 11 is 0. The zero-order valence-electron chi connectivity index (χ0n) is 10.3. The van der Waals surface area contributed by atoms with Crippen LogP contribution in [0, 0.1) is 5.92 Å². The molecular formula is C14H26O. The summed E-state index contributed by atoms with van der Waals surface area (Å²) in [6, 6.07) is 0. The summed E-state index contributed by atoms with van der Waals surface area (Å²) in [4.78, 5) is 11.6. The first-order chi connectivity index (χ1) is 7.34. The summed E-state index contributed by atoms with van der Waals surface area (Å²) in [6.07, 6.45) is 13.7. The van der Waals surface area contributed by atoms with Crippen LogP contribution in [-0.4, -0.2) is 5.78 Å². The highest BCUT2D eigenvalue weighted by atomic mass is 16.1. The van der Waals surface area contributed by atoms with Gasteiger partial charge < -0.3 is 0 Å². The normalized spacial score (nSPS) is 21.9. The summed E-state index contributed by atoms with van der Waals surface area (Å²) in [5, 5.41) is 0. The second kappa shape index (κ2) is 7.90. The lowest BCUT2D eigenvalue weighted by Crippen LogP contribution is -2.18. The number of unbranched alkanes of at least 4 members (excludes halogenated alkanes) is 5. The summed E-state index contributed by atoms with van der Waals surface area (Å²) in [6.45, 7) is 2.25. The largest absolute Gasteiger partial charge is 0.299 e. The molecule has 15 heavy (non-hydrogen) atoms. The second-order valence-electron chi connectivity index (χ2n) is 4.97. The third kappa shape index (κ3) is 5.34. The molecule has 1 rings (SSSR count). The highest BCUT2D eigenvalue weighted by Crippen LogP contribution is 2.25. The molecule has 0 aromatic heterocycles. The van der Waals surface area contributed by atoms with E-state index in [-0.39, 0.29) is 0 Å². The van der Waals surface area contributed by atoms with Crippen molar-refractivity contribution in [2.45, 2.75) is 77.6 Å². The van der Waals surface area contributed by atoms with Gasteiger partial charge in [-0.15, -0.1) is 0 Å². The molecule has 88 valence electrons. The van der Waals surface area contributed by atoms with Crippen LogP contribution >= 0.6 is 0 Å². The molecule has 1 aliphatic rings. The molecule has 1 heteroatoms. The van der Waals surface area contributed by atoms with E-state index in [4.69, 9.17) is 0 Å².